The van der Waals surface area contributed by atoms with Crippen molar-refractivity contribution in [3.05, 3.63) is 53.6 Å². The SMILES string of the molecule is COc1ccc(C(C#N)Nc2ccc(S(N)(=O)=O)cc2)cc1C. The Morgan fingerprint density at radius 1 is 1.22 bits per heavy atom. The number of aryl methyl sites for hydroxylation is 1. The van der Waals surface area contributed by atoms with Gasteiger partial charge in [0.25, 0.3) is 0 Å². The highest BCUT2D eigenvalue weighted by Gasteiger charge is 2.13. The minimum atomic E-state index is -3.73. The third-order valence-electron chi connectivity index (χ3n) is 3.38. The van der Waals surface area contributed by atoms with E-state index in [9.17, 15) is 13.7 Å². The molecule has 0 fully saturated rings. The van der Waals surface area contributed by atoms with Gasteiger partial charge in [0.2, 0.25) is 10.0 Å². The zero-order valence-corrected chi connectivity index (χ0v) is 13.6. The Bertz CT molecular complexity index is 840. The molecular weight excluding hydrogens is 314 g/mol. The molecule has 0 saturated carbocycles. The second-order valence-corrected chi connectivity index (χ2v) is 6.57. The van der Waals surface area contributed by atoms with Crippen LogP contribution in [-0.2, 0) is 10.0 Å². The average molecular weight is 331 g/mol. The summed E-state index contributed by atoms with van der Waals surface area (Å²) in [5.41, 5.74) is 2.34. The molecule has 7 heteroatoms. The summed E-state index contributed by atoms with van der Waals surface area (Å²) in [6.45, 7) is 1.90. The number of ether oxygens (including phenoxy) is 1. The van der Waals surface area contributed by atoms with Crippen molar-refractivity contribution in [1.29, 1.82) is 5.26 Å². The largest absolute Gasteiger partial charge is 0.496 e. The van der Waals surface area contributed by atoms with Crippen molar-refractivity contribution in [2.45, 2.75) is 17.9 Å². The van der Waals surface area contributed by atoms with E-state index in [1.165, 1.54) is 12.1 Å². The first kappa shape index (κ1) is 16.8. The third-order valence-corrected chi connectivity index (χ3v) is 4.30. The Labute approximate surface area is 135 Å². The van der Waals surface area contributed by atoms with Crippen LogP contribution in [0.3, 0.4) is 0 Å². The van der Waals surface area contributed by atoms with Crippen molar-refractivity contribution < 1.29 is 13.2 Å². The fourth-order valence-electron chi connectivity index (χ4n) is 2.18. The topological polar surface area (TPSA) is 105 Å². The molecule has 0 aliphatic heterocycles. The number of methoxy groups -OCH3 is 1. The molecule has 0 aliphatic carbocycles. The second kappa shape index (κ2) is 6.69. The van der Waals surface area contributed by atoms with Gasteiger partial charge in [0.05, 0.1) is 18.1 Å². The van der Waals surface area contributed by atoms with Crippen molar-refractivity contribution in [3.63, 3.8) is 0 Å². The molecule has 0 radical (unpaired) electrons. The molecule has 0 amide bonds. The number of rotatable bonds is 5. The van der Waals surface area contributed by atoms with Gasteiger partial charge in [-0.2, -0.15) is 5.26 Å². The lowest BCUT2D eigenvalue weighted by molar-refractivity contribution is 0.411. The Kier molecular flexibility index (Phi) is 4.89. The van der Waals surface area contributed by atoms with Crippen LogP contribution in [0.5, 0.6) is 5.75 Å². The first-order valence-corrected chi connectivity index (χ1v) is 8.33. The van der Waals surface area contributed by atoms with Gasteiger partial charge in [-0.15, -0.1) is 0 Å². The van der Waals surface area contributed by atoms with Crippen LogP contribution >= 0.6 is 0 Å². The van der Waals surface area contributed by atoms with E-state index in [0.29, 0.717) is 5.69 Å². The van der Waals surface area contributed by atoms with Crippen molar-refractivity contribution >= 4 is 15.7 Å². The van der Waals surface area contributed by atoms with Gasteiger partial charge in [0.1, 0.15) is 11.8 Å². The van der Waals surface area contributed by atoms with E-state index >= 15 is 0 Å². The van der Waals surface area contributed by atoms with E-state index < -0.39 is 16.1 Å². The predicted molar refractivity (Wildman–Crippen MR) is 87.5 cm³/mol. The average Bonchev–Trinajstić information content (AvgIpc) is 2.52. The number of benzene rings is 2. The zero-order chi connectivity index (χ0) is 17.0. The van der Waals surface area contributed by atoms with Gasteiger partial charge >= 0.3 is 0 Å². The number of anilines is 1. The van der Waals surface area contributed by atoms with Crippen LogP contribution in [0.1, 0.15) is 17.2 Å². The van der Waals surface area contributed by atoms with Gasteiger partial charge in [-0.25, -0.2) is 13.6 Å². The predicted octanol–water partition coefficient (Wildman–Crippen LogP) is 2.33. The Morgan fingerprint density at radius 2 is 1.87 bits per heavy atom. The van der Waals surface area contributed by atoms with E-state index in [-0.39, 0.29) is 4.90 Å². The zero-order valence-electron chi connectivity index (χ0n) is 12.8. The van der Waals surface area contributed by atoms with E-state index in [2.05, 4.69) is 11.4 Å². The molecule has 0 spiro atoms. The maximum atomic E-state index is 11.2. The van der Waals surface area contributed by atoms with Crippen LogP contribution < -0.4 is 15.2 Å². The molecule has 6 nitrogen and oxygen atoms in total. The lowest BCUT2D eigenvalue weighted by Gasteiger charge is -2.15. The van der Waals surface area contributed by atoms with Gasteiger partial charge in [-0.1, -0.05) is 6.07 Å². The molecule has 1 unspecified atom stereocenters. The van der Waals surface area contributed by atoms with Gasteiger partial charge in [-0.3, -0.25) is 0 Å². The number of nitriles is 1. The van der Waals surface area contributed by atoms with Crippen molar-refractivity contribution in [2.24, 2.45) is 5.14 Å². The lowest BCUT2D eigenvalue weighted by atomic mass is 10.0. The standard InChI is InChI=1S/C16H17N3O3S/c1-11-9-12(3-8-16(11)22-2)15(10-17)19-13-4-6-14(7-5-13)23(18,20)21/h3-9,15,19H,1-2H3,(H2,18,20,21). The molecule has 1 atom stereocenters. The number of hydrogen-bond acceptors (Lipinski definition) is 5. The maximum absolute atomic E-state index is 11.2. The van der Waals surface area contributed by atoms with Crippen LogP contribution in [0, 0.1) is 18.3 Å². The van der Waals surface area contributed by atoms with Crippen LogP contribution in [-0.4, -0.2) is 15.5 Å². The first-order valence-electron chi connectivity index (χ1n) is 6.78. The Balaban J connectivity index is 2.23. The number of nitrogens with zero attached hydrogens (tertiary/aromatic N) is 1. The van der Waals surface area contributed by atoms with Gasteiger partial charge in [0.15, 0.2) is 0 Å². The van der Waals surface area contributed by atoms with E-state index in [1.54, 1.807) is 25.3 Å². The summed E-state index contributed by atoms with van der Waals surface area (Å²) in [6, 6.07) is 13.0. The molecule has 0 aliphatic rings. The molecule has 23 heavy (non-hydrogen) atoms. The minimum absolute atomic E-state index is 0.0249. The van der Waals surface area contributed by atoms with Crippen molar-refractivity contribution in [3.8, 4) is 11.8 Å². The van der Waals surface area contributed by atoms with E-state index in [4.69, 9.17) is 9.88 Å². The fourth-order valence-corrected chi connectivity index (χ4v) is 2.69. The Hall–Kier alpha value is -2.56. The molecule has 2 aromatic carbocycles. The number of sulfonamides is 1. The molecule has 2 aromatic rings. The summed E-state index contributed by atoms with van der Waals surface area (Å²) in [4.78, 5) is 0.0249. The van der Waals surface area contributed by atoms with Crippen LogP contribution in [0.15, 0.2) is 47.4 Å². The molecule has 0 heterocycles. The monoisotopic (exact) mass is 331 g/mol. The lowest BCUT2D eigenvalue weighted by Crippen LogP contribution is -2.12. The molecule has 2 rings (SSSR count). The molecule has 3 N–H and O–H groups in total. The van der Waals surface area contributed by atoms with Gasteiger partial charge in [0, 0.05) is 5.69 Å². The summed E-state index contributed by atoms with van der Waals surface area (Å²) >= 11 is 0. The van der Waals surface area contributed by atoms with Gasteiger partial charge in [-0.05, 0) is 54.4 Å². The fraction of sp³-hybridized carbons (Fsp3) is 0.188. The van der Waals surface area contributed by atoms with E-state index in [1.807, 2.05) is 19.1 Å². The van der Waals surface area contributed by atoms with Crippen LogP contribution in [0.4, 0.5) is 5.69 Å². The summed E-state index contributed by atoms with van der Waals surface area (Å²) < 4.78 is 27.7. The number of nitrogens with two attached hydrogens (primary N) is 1. The highest BCUT2D eigenvalue weighted by atomic mass is 32.2. The highest BCUT2D eigenvalue weighted by molar-refractivity contribution is 7.89. The quantitative estimate of drug-likeness (QED) is 0.875. The molecule has 0 aromatic heterocycles. The number of nitrogens with one attached hydrogen (secondary N) is 1. The third kappa shape index (κ3) is 4.00. The van der Waals surface area contributed by atoms with Crippen LogP contribution in [0.2, 0.25) is 0 Å². The highest BCUT2D eigenvalue weighted by Crippen LogP contribution is 2.25. The first-order chi connectivity index (χ1) is 10.8. The summed E-state index contributed by atoms with van der Waals surface area (Å²) in [5, 5.41) is 17.5. The summed E-state index contributed by atoms with van der Waals surface area (Å²) in [7, 11) is -2.13. The second-order valence-electron chi connectivity index (χ2n) is 5.00. The minimum Gasteiger partial charge on any atom is -0.496 e. The van der Waals surface area contributed by atoms with Crippen molar-refractivity contribution in [2.75, 3.05) is 12.4 Å². The number of primary sulfonamides is 1. The Morgan fingerprint density at radius 3 is 2.35 bits per heavy atom. The van der Waals surface area contributed by atoms with Crippen molar-refractivity contribution in [1.82, 2.24) is 0 Å². The molecule has 0 bridgehead atoms. The van der Waals surface area contributed by atoms with Crippen LogP contribution in [0.25, 0.3) is 0 Å². The maximum Gasteiger partial charge on any atom is 0.238 e. The van der Waals surface area contributed by atoms with E-state index in [0.717, 1.165) is 16.9 Å². The normalized spacial score (nSPS) is 12.3. The summed E-state index contributed by atoms with van der Waals surface area (Å²) in [6.07, 6.45) is 0. The molecule has 120 valence electrons. The molecule has 0 saturated heterocycles. The molecular formula is C16H17N3O3S. The summed E-state index contributed by atoms with van der Waals surface area (Å²) in [5.74, 6) is 0.753. The van der Waals surface area contributed by atoms with Gasteiger partial charge < -0.3 is 10.1 Å². The smallest absolute Gasteiger partial charge is 0.238 e. The number of hydrogen-bond donors (Lipinski definition) is 2.